The van der Waals surface area contributed by atoms with Crippen LogP contribution in [0.4, 0.5) is 17.6 Å². The summed E-state index contributed by atoms with van der Waals surface area (Å²) in [6.45, 7) is 3.09. The van der Waals surface area contributed by atoms with Crippen LogP contribution >= 0.6 is 0 Å². The Labute approximate surface area is 60.0 Å². The van der Waals surface area contributed by atoms with Crippen LogP contribution in [0.15, 0.2) is 24.8 Å². The van der Waals surface area contributed by atoms with Gasteiger partial charge in [-0.05, 0) is 6.08 Å². The van der Waals surface area contributed by atoms with Crippen LogP contribution in [-0.4, -0.2) is 5.91 Å². The SMILES string of the molecule is C=CC(N)=O.FC(F)=C(F)F. The fraction of sp³-hybridized carbons (Fsp3) is 0. The lowest BCUT2D eigenvalue weighted by Gasteiger charge is -1.69. The van der Waals surface area contributed by atoms with Gasteiger partial charge in [0.15, 0.2) is 0 Å². The topological polar surface area (TPSA) is 43.1 Å². The molecular weight excluding hydrogens is 166 g/mol. The van der Waals surface area contributed by atoms with Crippen molar-refractivity contribution in [2.24, 2.45) is 5.73 Å². The molecule has 0 saturated heterocycles. The summed E-state index contributed by atoms with van der Waals surface area (Å²) in [4.78, 5) is 9.47. The molecule has 2 nitrogen and oxygen atoms in total. The fourth-order valence-electron chi connectivity index (χ4n) is 0. The maximum Gasteiger partial charge on any atom is 0.334 e. The number of carbonyl (C=O) groups is 1. The Balaban J connectivity index is 0. The Morgan fingerprint density at radius 2 is 1.36 bits per heavy atom. The van der Waals surface area contributed by atoms with Crippen LogP contribution in [0.5, 0.6) is 0 Å². The summed E-state index contributed by atoms with van der Waals surface area (Å²) in [5.41, 5.74) is 4.53. The summed E-state index contributed by atoms with van der Waals surface area (Å²) in [6, 6.07) is 0. The van der Waals surface area contributed by atoms with E-state index in [4.69, 9.17) is 0 Å². The summed E-state index contributed by atoms with van der Waals surface area (Å²) in [7, 11) is 0. The van der Waals surface area contributed by atoms with E-state index in [1.54, 1.807) is 0 Å². The molecule has 0 aromatic heterocycles. The highest BCUT2D eigenvalue weighted by Gasteiger charge is 1.98. The van der Waals surface area contributed by atoms with Crippen molar-refractivity contribution in [2.45, 2.75) is 0 Å². The van der Waals surface area contributed by atoms with Crippen molar-refractivity contribution in [3.8, 4) is 0 Å². The van der Waals surface area contributed by atoms with Crippen molar-refractivity contribution in [3.05, 3.63) is 24.8 Å². The van der Waals surface area contributed by atoms with Crippen molar-refractivity contribution < 1.29 is 22.4 Å². The van der Waals surface area contributed by atoms with E-state index in [9.17, 15) is 22.4 Å². The van der Waals surface area contributed by atoms with E-state index >= 15 is 0 Å². The van der Waals surface area contributed by atoms with Gasteiger partial charge in [0.1, 0.15) is 0 Å². The standard InChI is InChI=1S/C3H5NO.C2F4/c1-2-3(4)5;3-1(4)2(5)6/h2H,1H2,(H2,4,5);. The quantitative estimate of drug-likeness (QED) is 0.473. The Bertz CT molecular complexity index is 159. The molecule has 0 spiro atoms. The third kappa shape index (κ3) is 17.7. The van der Waals surface area contributed by atoms with E-state index in [-0.39, 0.29) is 0 Å². The van der Waals surface area contributed by atoms with Crippen molar-refractivity contribution in [2.75, 3.05) is 0 Å². The van der Waals surface area contributed by atoms with Gasteiger partial charge >= 0.3 is 12.2 Å². The van der Waals surface area contributed by atoms with Gasteiger partial charge in [-0.25, -0.2) is 0 Å². The number of nitrogens with two attached hydrogens (primary N) is 1. The summed E-state index contributed by atoms with van der Waals surface area (Å²) in [5.74, 6) is -0.481. The minimum absolute atomic E-state index is 0.481. The Morgan fingerprint density at radius 1 is 1.18 bits per heavy atom. The van der Waals surface area contributed by atoms with Gasteiger partial charge in [-0.3, -0.25) is 4.79 Å². The Hall–Kier alpha value is -1.33. The first-order valence-corrected chi connectivity index (χ1v) is 2.20. The molecule has 0 rings (SSSR count). The molecule has 0 aliphatic heterocycles. The second-order valence-corrected chi connectivity index (χ2v) is 1.13. The molecule has 0 saturated carbocycles. The number of amides is 1. The lowest BCUT2D eigenvalue weighted by molar-refractivity contribution is -0.113. The predicted octanol–water partition coefficient (Wildman–Crippen LogP) is 1.65. The summed E-state index contributed by atoms with van der Waals surface area (Å²) >= 11 is 0. The molecule has 0 aromatic rings. The minimum atomic E-state index is -2.91. The first-order chi connectivity index (χ1) is 4.91. The van der Waals surface area contributed by atoms with E-state index in [0.717, 1.165) is 6.08 Å². The molecule has 2 N–H and O–H groups in total. The molecule has 0 aliphatic carbocycles. The van der Waals surface area contributed by atoms with Crippen LogP contribution in [-0.2, 0) is 4.79 Å². The predicted molar refractivity (Wildman–Crippen MR) is 30.8 cm³/mol. The highest BCUT2D eigenvalue weighted by Crippen LogP contribution is 2.08. The molecular formula is C5H5F4NO. The summed E-state index contributed by atoms with van der Waals surface area (Å²) in [5, 5.41) is 0. The molecule has 0 atom stereocenters. The van der Waals surface area contributed by atoms with Crippen molar-refractivity contribution in [3.63, 3.8) is 0 Å². The molecule has 6 heteroatoms. The van der Waals surface area contributed by atoms with Crippen LogP contribution in [0.1, 0.15) is 0 Å². The largest absolute Gasteiger partial charge is 0.366 e. The van der Waals surface area contributed by atoms with Gasteiger partial charge in [-0.15, -0.1) is 0 Å². The third-order valence-corrected chi connectivity index (χ3v) is 0.344. The number of primary amides is 1. The molecule has 11 heavy (non-hydrogen) atoms. The third-order valence-electron chi connectivity index (χ3n) is 0.344. The molecule has 0 radical (unpaired) electrons. The van der Waals surface area contributed by atoms with Crippen molar-refractivity contribution in [1.29, 1.82) is 0 Å². The van der Waals surface area contributed by atoms with E-state index in [2.05, 4.69) is 12.3 Å². The number of rotatable bonds is 1. The van der Waals surface area contributed by atoms with Gasteiger partial charge in [0, 0.05) is 0 Å². The van der Waals surface area contributed by atoms with Crippen LogP contribution in [0.2, 0.25) is 0 Å². The maximum atomic E-state index is 10.3. The smallest absolute Gasteiger partial charge is 0.334 e. The average molecular weight is 171 g/mol. The molecule has 0 unspecified atom stereocenters. The van der Waals surface area contributed by atoms with Crippen LogP contribution in [0.3, 0.4) is 0 Å². The molecule has 64 valence electrons. The fourth-order valence-corrected chi connectivity index (χ4v) is 0. The molecule has 1 amide bonds. The lowest BCUT2D eigenvalue weighted by atomic mass is 10.6. The van der Waals surface area contributed by atoms with Gasteiger partial charge in [-0.1, -0.05) is 6.58 Å². The highest BCUT2D eigenvalue weighted by molar-refractivity contribution is 5.84. The first-order valence-electron chi connectivity index (χ1n) is 2.20. The maximum absolute atomic E-state index is 10.3. The lowest BCUT2D eigenvalue weighted by Crippen LogP contribution is -2.04. The van der Waals surface area contributed by atoms with E-state index < -0.39 is 18.1 Å². The van der Waals surface area contributed by atoms with Gasteiger partial charge in [0.2, 0.25) is 5.91 Å². The number of hydrogen-bond donors (Lipinski definition) is 1. The number of halogens is 4. The van der Waals surface area contributed by atoms with E-state index in [1.807, 2.05) is 0 Å². The zero-order valence-electron chi connectivity index (χ0n) is 5.28. The molecule has 0 fully saturated rings. The second kappa shape index (κ2) is 6.79. The Morgan fingerprint density at radius 3 is 1.36 bits per heavy atom. The molecule has 0 aromatic carbocycles. The van der Waals surface area contributed by atoms with Crippen LogP contribution < -0.4 is 5.73 Å². The number of hydrogen-bond acceptors (Lipinski definition) is 1. The number of carbonyl (C=O) groups excluding carboxylic acids is 1. The summed E-state index contributed by atoms with van der Waals surface area (Å²) in [6.07, 6.45) is -4.76. The van der Waals surface area contributed by atoms with Crippen LogP contribution in [0.25, 0.3) is 0 Å². The van der Waals surface area contributed by atoms with Crippen LogP contribution in [0, 0.1) is 0 Å². The zero-order chi connectivity index (χ0) is 9.44. The van der Waals surface area contributed by atoms with Crippen molar-refractivity contribution >= 4 is 5.91 Å². The first kappa shape index (κ1) is 12.4. The van der Waals surface area contributed by atoms with Gasteiger partial charge < -0.3 is 5.73 Å². The van der Waals surface area contributed by atoms with Gasteiger partial charge in [0.05, 0.1) is 0 Å². The van der Waals surface area contributed by atoms with E-state index in [0.29, 0.717) is 0 Å². The van der Waals surface area contributed by atoms with Gasteiger partial charge in [-0.2, -0.15) is 17.6 Å². The molecule has 0 heterocycles. The van der Waals surface area contributed by atoms with Gasteiger partial charge in [0.25, 0.3) is 0 Å². The normalized spacial score (nSPS) is 7.27. The second-order valence-electron chi connectivity index (χ2n) is 1.13. The molecule has 0 bridgehead atoms. The summed E-state index contributed by atoms with van der Waals surface area (Å²) < 4.78 is 41.1. The van der Waals surface area contributed by atoms with E-state index in [1.165, 1.54) is 0 Å². The zero-order valence-corrected chi connectivity index (χ0v) is 5.28. The highest BCUT2D eigenvalue weighted by atomic mass is 19.3. The Kier molecular flexibility index (Phi) is 7.62. The van der Waals surface area contributed by atoms with Crippen molar-refractivity contribution in [1.82, 2.24) is 0 Å². The minimum Gasteiger partial charge on any atom is -0.366 e. The monoisotopic (exact) mass is 171 g/mol. The molecule has 0 aliphatic rings. The average Bonchev–Trinajstić information content (AvgIpc) is 1.89.